The summed E-state index contributed by atoms with van der Waals surface area (Å²) >= 11 is 0. The largest absolute Gasteiger partial charge is 0.348 e. The Morgan fingerprint density at radius 3 is 2.50 bits per heavy atom. The molecule has 3 nitrogen and oxygen atoms in total. The lowest BCUT2D eigenvalue weighted by atomic mass is 10.2. The van der Waals surface area contributed by atoms with E-state index in [9.17, 15) is 13.4 Å². The van der Waals surface area contributed by atoms with Crippen molar-refractivity contribution in [3.05, 3.63) is 65.5 Å². The molecule has 0 saturated heterocycles. The second kappa shape index (κ2) is 6.43. The minimum Gasteiger partial charge on any atom is -0.348 e. The number of carbonyl (C=O) groups is 1. The zero-order valence-electron chi connectivity index (χ0n) is 10.9. The predicted octanol–water partition coefficient (Wildman–Crippen LogP) is 2.49. The Labute approximate surface area is 119 Å². The Hall–Kier alpha value is -2.01. The molecule has 0 spiro atoms. The highest BCUT2D eigenvalue weighted by atomic mass is 32.2. The van der Waals surface area contributed by atoms with E-state index < -0.39 is 10.8 Å². The molecule has 0 aliphatic carbocycles. The van der Waals surface area contributed by atoms with Crippen LogP contribution in [-0.4, -0.2) is 16.4 Å². The second-order valence-corrected chi connectivity index (χ2v) is 5.67. The van der Waals surface area contributed by atoms with Crippen LogP contribution in [0.4, 0.5) is 4.39 Å². The summed E-state index contributed by atoms with van der Waals surface area (Å²) in [4.78, 5) is 12.6. The first-order valence-electron chi connectivity index (χ1n) is 6.02. The lowest BCUT2D eigenvalue weighted by Gasteiger charge is -2.06. The second-order valence-electron chi connectivity index (χ2n) is 4.29. The van der Waals surface area contributed by atoms with Gasteiger partial charge in [0, 0.05) is 34.1 Å². The Kier molecular flexibility index (Phi) is 4.63. The van der Waals surface area contributed by atoms with Gasteiger partial charge in [-0.15, -0.1) is 0 Å². The molecule has 2 aromatic rings. The summed E-state index contributed by atoms with van der Waals surface area (Å²) in [6.45, 7) is 0.262. The smallest absolute Gasteiger partial charge is 0.251 e. The van der Waals surface area contributed by atoms with E-state index in [1.54, 1.807) is 42.7 Å². The highest BCUT2D eigenvalue weighted by Crippen LogP contribution is 2.08. The number of nitrogens with one attached hydrogen (secondary N) is 1. The zero-order chi connectivity index (χ0) is 14.5. The number of amides is 1. The van der Waals surface area contributed by atoms with E-state index >= 15 is 0 Å². The number of hydrogen-bond donors (Lipinski definition) is 1. The van der Waals surface area contributed by atoms with Gasteiger partial charge in [-0.2, -0.15) is 0 Å². The van der Waals surface area contributed by atoms with Crippen molar-refractivity contribution in [2.24, 2.45) is 0 Å². The summed E-state index contributed by atoms with van der Waals surface area (Å²) in [6.07, 6.45) is 1.58. The average Bonchev–Trinajstić information content (AvgIpc) is 2.45. The molecule has 0 aliphatic heterocycles. The summed E-state index contributed by atoms with van der Waals surface area (Å²) in [5, 5.41) is 2.71. The van der Waals surface area contributed by atoms with Crippen molar-refractivity contribution in [1.29, 1.82) is 0 Å². The molecule has 2 aromatic carbocycles. The van der Waals surface area contributed by atoms with Crippen molar-refractivity contribution in [3.8, 4) is 0 Å². The van der Waals surface area contributed by atoms with Crippen molar-refractivity contribution < 1.29 is 13.4 Å². The fourth-order valence-electron chi connectivity index (χ4n) is 1.73. The van der Waals surface area contributed by atoms with Crippen LogP contribution in [-0.2, 0) is 17.3 Å². The minimum absolute atomic E-state index is 0.248. The molecule has 0 saturated carbocycles. The number of hydrogen-bond acceptors (Lipinski definition) is 2. The van der Waals surface area contributed by atoms with E-state index in [1.165, 1.54) is 12.1 Å². The molecule has 0 heterocycles. The van der Waals surface area contributed by atoms with Gasteiger partial charge in [-0.05, 0) is 42.0 Å². The molecule has 1 unspecified atom stereocenters. The van der Waals surface area contributed by atoms with Crippen molar-refractivity contribution in [3.63, 3.8) is 0 Å². The third-order valence-corrected chi connectivity index (χ3v) is 3.73. The van der Waals surface area contributed by atoms with E-state index in [4.69, 9.17) is 0 Å². The third-order valence-electron chi connectivity index (χ3n) is 2.79. The summed E-state index contributed by atoms with van der Waals surface area (Å²) in [5.74, 6) is -0.575. The molecule has 0 fully saturated rings. The molecule has 20 heavy (non-hydrogen) atoms. The van der Waals surface area contributed by atoms with Gasteiger partial charge in [-0.3, -0.25) is 9.00 Å². The number of rotatable bonds is 4. The van der Waals surface area contributed by atoms with Crippen molar-refractivity contribution in [1.82, 2.24) is 5.32 Å². The third kappa shape index (κ3) is 3.74. The fourth-order valence-corrected chi connectivity index (χ4v) is 2.25. The lowest BCUT2D eigenvalue weighted by molar-refractivity contribution is 0.0951. The molecular weight excluding hydrogens is 277 g/mol. The molecule has 0 radical (unpaired) electrons. The Balaban J connectivity index is 1.99. The summed E-state index contributed by atoms with van der Waals surface area (Å²) < 4.78 is 24.2. The standard InChI is InChI=1S/C15H14FNO2S/c1-20(19)14-7-5-12(6-8-14)15(18)17-10-11-3-2-4-13(16)9-11/h2-9H,10H2,1H3,(H,17,18). The van der Waals surface area contributed by atoms with Gasteiger partial charge in [0.2, 0.25) is 0 Å². The normalized spacial score (nSPS) is 11.9. The molecule has 0 aromatic heterocycles. The maximum atomic E-state index is 13.0. The molecule has 1 amide bonds. The fraction of sp³-hybridized carbons (Fsp3) is 0.133. The molecule has 2 rings (SSSR count). The van der Waals surface area contributed by atoms with Crippen molar-refractivity contribution in [2.75, 3.05) is 6.26 Å². The monoisotopic (exact) mass is 291 g/mol. The van der Waals surface area contributed by atoms with E-state index in [0.29, 0.717) is 16.0 Å². The van der Waals surface area contributed by atoms with E-state index in [2.05, 4.69) is 5.32 Å². The summed E-state index contributed by atoms with van der Waals surface area (Å²) in [6, 6.07) is 12.6. The van der Waals surface area contributed by atoms with Gasteiger partial charge in [0.1, 0.15) is 5.82 Å². The van der Waals surface area contributed by atoms with Gasteiger partial charge in [0.25, 0.3) is 5.91 Å². The topological polar surface area (TPSA) is 46.2 Å². The Morgan fingerprint density at radius 2 is 1.90 bits per heavy atom. The molecule has 104 valence electrons. The molecule has 1 atom stereocenters. The highest BCUT2D eigenvalue weighted by Gasteiger charge is 2.06. The first-order valence-corrected chi connectivity index (χ1v) is 7.58. The van der Waals surface area contributed by atoms with Gasteiger partial charge < -0.3 is 5.32 Å². The minimum atomic E-state index is -1.06. The van der Waals surface area contributed by atoms with Crippen LogP contribution in [0.5, 0.6) is 0 Å². The quantitative estimate of drug-likeness (QED) is 0.940. The van der Waals surface area contributed by atoms with Crippen molar-refractivity contribution >= 4 is 16.7 Å². The Bertz CT molecular complexity index is 641. The van der Waals surface area contributed by atoms with Crippen LogP contribution in [0.15, 0.2) is 53.4 Å². The van der Waals surface area contributed by atoms with Crippen LogP contribution in [0.2, 0.25) is 0 Å². The Morgan fingerprint density at radius 1 is 1.20 bits per heavy atom. The van der Waals surface area contributed by atoms with Crippen LogP contribution < -0.4 is 5.32 Å². The van der Waals surface area contributed by atoms with Gasteiger partial charge in [-0.1, -0.05) is 12.1 Å². The molecule has 0 aliphatic rings. The van der Waals surface area contributed by atoms with Gasteiger partial charge in [-0.25, -0.2) is 4.39 Å². The maximum absolute atomic E-state index is 13.0. The summed E-state index contributed by atoms with van der Waals surface area (Å²) in [5.41, 5.74) is 1.18. The first kappa shape index (κ1) is 14.4. The molecular formula is C15H14FNO2S. The average molecular weight is 291 g/mol. The van der Waals surface area contributed by atoms with Crippen LogP contribution >= 0.6 is 0 Å². The zero-order valence-corrected chi connectivity index (χ0v) is 11.7. The van der Waals surface area contributed by atoms with Crippen LogP contribution in [0.3, 0.4) is 0 Å². The maximum Gasteiger partial charge on any atom is 0.251 e. The lowest BCUT2D eigenvalue weighted by Crippen LogP contribution is -2.22. The van der Waals surface area contributed by atoms with Gasteiger partial charge in [0.15, 0.2) is 0 Å². The van der Waals surface area contributed by atoms with Crippen LogP contribution in [0.1, 0.15) is 15.9 Å². The molecule has 5 heteroatoms. The SMILES string of the molecule is CS(=O)c1ccc(C(=O)NCc2cccc(F)c2)cc1. The first-order chi connectivity index (χ1) is 9.56. The summed E-state index contributed by atoms with van der Waals surface area (Å²) in [7, 11) is -1.06. The van der Waals surface area contributed by atoms with E-state index in [0.717, 1.165) is 0 Å². The molecule has 0 bridgehead atoms. The van der Waals surface area contributed by atoms with E-state index in [-0.39, 0.29) is 18.3 Å². The number of carbonyl (C=O) groups excluding carboxylic acids is 1. The predicted molar refractivity (Wildman–Crippen MR) is 76.3 cm³/mol. The highest BCUT2D eigenvalue weighted by molar-refractivity contribution is 7.84. The van der Waals surface area contributed by atoms with Gasteiger partial charge >= 0.3 is 0 Å². The van der Waals surface area contributed by atoms with Gasteiger partial charge in [0.05, 0.1) is 0 Å². The van der Waals surface area contributed by atoms with Crippen molar-refractivity contribution in [2.45, 2.75) is 11.4 Å². The number of benzene rings is 2. The number of halogens is 1. The van der Waals surface area contributed by atoms with E-state index in [1.807, 2.05) is 0 Å². The van der Waals surface area contributed by atoms with Crippen LogP contribution in [0.25, 0.3) is 0 Å². The molecule has 1 N–H and O–H groups in total. The van der Waals surface area contributed by atoms with Crippen LogP contribution in [0, 0.1) is 5.82 Å².